The van der Waals surface area contributed by atoms with Gasteiger partial charge in [-0.15, -0.1) is 0 Å². The fourth-order valence-corrected chi connectivity index (χ4v) is 3.41. The fourth-order valence-electron chi connectivity index (χ4n) is 3.41. The van der Waals surface area contributed by atoms with E-state index in [1.807, 2.05) is 0 Å². The quantitative estimate of drug-likeness (QED) is 0.408. The van der Waals surface area contributed by atoms with Gasteiger partial charge in [0.05, 0.1) is 11.1 Å². The molecule has 1 atom stereocenters. The summed E-state index contributed by atoms with van der Waals surface area (Å²) in [7, 11) is 0. The van der Waals surface area contributed by atoms with Crippen LogP contribution in [0.4, 0.5) is 5.69 Å². The molecule has 3 rings (SSSR count). The lowest BCUT2D eigenvalue weighted by Crippen LogP contribution is -2.54. The molecule has 8 nitrogen and oxygen atoms in total. The zero-order valence-electron chi connectivity index (χ0n) is 15.0. The number of benzene rings is 1. The molecule has 8 heteroatoms. The van der Waals surface area contributed by atoms with E-state index in [2.05, 4.69) is 22.3 Å². The van der Waals surface area contributed by atoms with Crippen LogP contribution in [0.1, 0.15) is 52.8 Å². The number of carbonyl (C=O) groups is 4. The average molecular weight is 370 g/mol. The number of carbonyl (C=O) groups excluding carboxylic acids is 4. The van der Waals surface area contributed by atoms with E-state index in [-0.39, 0.29) is 24.3 Å². The number of imide groups is 2. The maximum absolute atomic E-state index is 12.9. The highest BCUT2D eigenvalue weighted by atomic mass is 16.2. The van der Waals surface area contributed by atoms with Crippen LogP contribution in [0.3, 0.4) is 0 Å². The molecule has 27 heavy (non-hydrogen) atoms. The van der Waals surface area contributed by atoms with Crippen LogP contribution >= 0.6 is 0 Å². The SMILES string of the molecule is C=NCCCCCNc1cccc2c1C(=O)N(C1CCC(=O)NC1=O)C2=O. The maximum atomic E-state index is 12.9. The first-order valence-electron chi connectivity index (χ1n) is 9.05. The molecule has 0 aliphatic carbocycles. The number of nitrogens with one attached hydrogen (secondary N) is 2. The third-order valence-electron chi connectivity index (χ3n) is 4.78. The summed E-state index contributed by atoms with van der Waals surface area (Å²) < 4.78 is 0. The largest absolute Gasteiger partial charge is 0.384 e. The molecule has 0 aromatic heterocycles. The highest BCUT2D eigenvalue weighted by molar-refractivity contribution is 6.25. The first-order chi connectivity index (χ1) is 13.0. The van der Waals surface area contributed by atoms with E-state index in [0.29, 0.717) is 17.8 Å². The van der Waals surface area contributed by atoms with Crippen LogP contribution in [0.2, 0.25) is 0 Å². The van der Waals surface area contributed by atoms with Crippen molar-refractivity contribution in [1.82, 2.24) is 10.2 Å². The number of piperidine rings is 1. The first kappa shape index (κ1) is 18.8. The van der Waals surface area contributed by atoms with Gasteiger partial charge >= 0.3 is 0 Å². The number of nitrogens with zero attached hydrogens (tertiary/aromatic N) is 2. The van der Waals surface area contributed by atoms with Gasteiger partial charge in [-0.3, -0.25) is 29.4 Å². The van der Waals surface area contributed by atoms with Gasteiger partial charge in [-0.25, -0.2) is 0 Å². The number of anilines is 1. The molecule has 142 valence electrons. The van der Waals surface area contributed by atoms with E-state index in [9.17, 15) is 19.2 Å². The van der Waals surface area contributed by atoms with Crippen LogP contribution in [0.15, 0.2) is 23.2 Å². The second-order valence-electron chi connectivity index (χ2n) is 6.61. The van der Waals surface area contributed by atoms with Gasteiger partial charge < -0.3 is 10.3 Å². The van der Waals surface area contributed by atoms with E-state index in [1.54, 1.807) is 18.2 Å². The van der Waals surface area contributed by atoms with Crippen molar-refractivity contribution in [2.24, 2.45) is 4.99 Å². The molecule has 0 spiro atoms. The van der Waals surface area contributed by atoms with Crippen molar-refractivity contribution >= 4 is 36.0 Å². The van der Waals surface area contributed by atoms with Crippen LogP contribution in [-0.4, -0.2) is 54.4 Å². The Morgan fingerprint density at radius 2 is 1.96 bits per heavy atom. The lowest BCUT2D eigenvalue weighted by molar-refractivity contribution is -0.136. The third-order valence-corrected chi connectivity index (χ3v) is 4.78. The Balaban J connectivity index is 1.73. The van der Waals surface area contributed by atoms with Crippen LogP contribution in [0, 0.1) is 0 Å². The Morgan fingerprint density at radius 1 is 1.15 bits per heavy atom. The Morgan fingerprint density at radius 3 is 2.70 bits per heavy atom. The van der Waals surface area contributed by atoms with Gasteiger partial charge in [-0.05, 0) is 44.5 Å². The molecule has 1 saturated heterocycles. The molecular formula is C19H22N4O4. The molecule has 1 aromatic rings. The molecule has 0 saturated carbocycles. The molecule has 0 radical (unpaired) electrons. The van der Waals surface area contributed by atoms with Gasteiger partial charge in [0, 0.05) is 25.2 Å². The van der Waals surface area contributed by atoms with Crippen LogP contribution in [-0.2, 0) is 9.59 Å². The Kier molecular flexibility index (Phi) is 5.63. The number of unbranched alkanes of at least 4 members (excludes halogenated alkanes) is 2. The number of rotatable bonds is 8. The highest BCUT2D eigenvalue weighted by Gasteiger charge is 2.45. The number of amides is 4. The summed E-state index contributed by atoms with van der Waals surface area (Å²) in [5.41, 5.74) is 1.16. The normalized spacial score (nSPS) is 19.1. The minimum Gasteiger partial charge on any atom is -0.384 e. The molecule has 0 bridgehead atoms. The van der Waals surface area contributed by atoms with E-state index < -0.39 is 23.8 Å². The minimum absolute atomic E-state index is 0.106. The molecule has 2 N–H and O–H groups in total. The molecule has 1 unspecified atom stereocenters. The number of aliphatic imine (C=N–C) groups is 1. The maximum Gasteiger partial charge on any atom is 0.264 e. The van der Waals surface area contributed by atoms with Crippen molar-refractivity contribution in [2.75, 3.05) is 18.4 Å². The number of hydrogen-bond acceptors (Lipinski definition) is 6. The predicted molar refractivity (Wildman–Crippen MR) is 99.9 cm³/mol. The van der Waals surface area contributed by atoms with Gasteiger partial charge in [0.2, 0.25) is 11.8 Å². The van der Waals surface area contributed by atoms with Crippen molar-refractivity contribution < 1.29 is 19.2 Å². The monoisotopic (exact) mass is 370 g/mol. The predicted octanol–water partition coefficient (Wildman–Crippen LogP) is 1.37. The van der Waals surface area contributed by atoms with Gasteiger partial charge in [0.25, 0.3) is 11.8 Å². The topological polar surface area (TPSA) is 108 Å². The summed E-state index contributed by atoms with van der Waals surface area (Å²) in [5, 5.41) is 5.41. The molecule has 2 heterocycles. The Bertz CT molecular complexity index is 805. The lowest BCUT2D eigenvalue weighted by Gasteiger charge is -2.27. The Hall–Kier alpha value is -3.03. The van der Waals surface area contributed by atoms with Crippen LogP contribution < -0.4 is 10.6 Å². The molecule has 4 amide bonds. The van der Waals surface area contributed by atoms with Gasteiger partial charge in [-0.2, -0.15) is 0 Å². The summed E-state index contributed by atoms with van der Waals surface area (Å²) in [6.07, 6.45) is 3.10. The standard InChI is InChI=1S/C19H22N4O4/c1-20-10-3-2-4-11-21-13-7-5-6-12-16(13)19(27)23(18(12)26)14-8-9-15(24)22-17(14)25/h5-7,14,21H,1-4,8-11H2,(H,22,24,25). The first-order valence-corrected chi connectivity index (χ1v) is 9.05. The van der Waals surface area contributed by atoms with E-state index in [4.69, 9.17) is 0 Å². The summed E-state index contributed by atoms with van der Waals surface area (Å²) in [6, 6.07) is 4.10. The summed E-state index contributed by atoms with van der Waals surface area (Å²) in [6.45, 7) is 4.84. The van der Waals surface area contributed by atoms with Crippen molar-refractivity contribution in [3.05, 3.63) is 29.3 Å². The minimum atomic E-state index is -0.950. The second kappa shape index (κ2) is 8.11. The van der Waals surface area contributed by atoms with E-state index in [1.165, 1.54) is 0 Å². The zero-order chi connectivity index (χ0) is 19.4. The summed E-state index contributed by atoms with van der Waals surface area (Å²) in [4.78, 5) is 53.9. The molecule has 1 aromatic carbocycles. The third kappa shape index (κ3) is 3.74. The van der Waals surface area contributed by atoms with Crippen molar-refractivity contribution in [1.29, 1.82) is 0 Å². The lowest BCUT2D eigenvalue weighted by atomic mass is 10.0. The van der Waals surface area contributed by atoms with E-state index >= 15 is 0 Å². The van der Waals surface area contributed by atoms with Crippen molar-refractivity contribution in [2.45, 2.75) is 38.1 Å². The smallest absolute Gasteiger partial charge is 0.264 e. The zero-order valence-corrected chi connectivity index (χ0v) is 15.0. The molecule has 2 aliphatic heterocycles. The van der Waals surface area contributed by atoms with Crippen LogP contribution in [0.5, 0.6) is 0 Å². The number of fused-ring (bicyclic) bond motifs is 1. The Labute approximate surface area is 157 Å². The number of hydrogen-bond donors (Lipinski definition) is 2. The summed E-state index contributed by atoms with van der Waals surface area (Å²) >= 11 is 0. The van der Waals surface area contributed by atoms with Crippen LogP contribution in [0.25, 0.3) is 0 Å². The molecule has 2 aliphatic rings. The van der Waals surface area contributed by atoms with Gasteiger partial charge in [0.15, 0.2) is 0 Å². The molecular weight excluding hydrogens is 348 g/mol. The summed E-state index contributed by atoms with van der Waals surface area (Å²) in [5.74, 6) is -1.98. The molecule has 1 fully saturated rings. The van der Waals surface area contributed by atoms with Crippen molar-refractivity contribution in [3.8, 4) is 0 Å². The fraction of sp³-hybridized carbons (Fsp3) is 0.421. The van der Waals surface area contributed by atoms with Crippen molar-refractivity contribution in [3.63, 3.8) is 0 Å². The van der Waals surface area contributed by atoms with Gasteiger partial charge in [0.1, 0.15) is 6.04 Å². The van der Waals surface area contributed by atoms with E-state index in [0.717, 1.165) is 30.7 Å². The van der Waals surface area contributed by atoms with Gasteiger partial charge in [-0.1, -0.05) is 6.07 Å². The second-order valence-corrected chi connectivity index (χ2v) is 6.61. The highest BCUT2D eigenvalue weighted by Crippen LogP contribution is 2.32. The average Bonchev–Trinajstić information content (AvgIpc) is 2.90.